The van der Waals surface area contributed by atoms with E-state index in [0.29, 0.717) is 34.0 Å². The summed E-state index contributed by atoms with van der Waals surface area (Å²) in [5.74, 6) is -0.595. The Morgan fingerprint density at radius 1 is 1.09 bits per heavy atom. The smallest absolute Gasteiger partial charge is 0.293 e. The minimum absolute atomic E-state index is 0.0264. The van der Waals surface area contributed by atoms with Gasteiger partial charge in [0.2, 0.25) is 15.2 Å². The van der Waals surface area contributed by atoms with Crippen molar-refractivity contribution in [3.8, 4) is 0 Å². The summed E-state index contributed by atoms with van der Waals surface area (Å²) in [5.41, 5.74) is 1.09. The topological polar surface area (TPSA) is 130 Å². The van der Waals surface area contributed by atoms with Crippen LogP contribution in [0.1, 0.15) is 15.9 Å². The molecule has 1 aromatic heterocycles. The molecule has 0 radical (unpaired) electrons. The standard InChI is InChI=1S/C19H17Cl2N5O5S3/c1-25(2)33(28,29)13-4-6-16-11(9-13)7-8-26(16)34(30,31)19-24-23-18(32-19)22-17(27)14-5-3-12(20)10-15(14)21/h3-6,9-10H,7-8H2,1-2H3,(H,22,23,27). The third kappa shape index (κ3) is 4.51. The maximum absolute atomic E-state index is 13.2. The lowest BCUT2D eigenvalue weighted by atomic mass is 10.2. The summed E-state index contributed by atoms with van der Waals surface area (Å²) < 4.78 is 53.1. The second-order valence-electron chi connectivity index (χ2n) is 7.36. The average molecular weight is 562 g/mol. The average Bonchev–Trinajstić information content (AvgIpc) is 3.40. The SMILES string of the molecule is CN(C)S(=O)(=O)c1ccc2c(c1)CCN2S(=O)(=O)c1nnc(NC(=O)c2ccc(Cl)cc2Cl)s1. The summed E-state index contributed by atoms with van der Waals surface area (Å²) in [7, 11) is -4.89. The van der Waals surface area contributed by atoms with Gasteiger partial charge in [0.05, 0.1) is 21.2 Å². The monoisotopic (exact) mass is 561 g/mol. The van der Waals surface area contributed by atoms with Gasteiger partial charge in [-0.1, -0.05) is 34.5 Å². The summed E-state index contributed by atoms with van der Waals surface area (Å²) in [6.45, 7) is 0.116. The van der Waals surface area contributed by atoms with Gasteiger partial charge in [-0.2, -0.15) is 8.42 Å². The Bertz CT molecular complexity index is 1510. The number of anilines is 2. The fourth-order valence-electron chi connectivity index (χ4n) is 3.27. The molecule has 2 heterocycles. The number of aromatic nitrogens is 2. The van der Waals surface area contributed by atoms with E-state index in [1.54, 1.807) is 0 Å². The summed E-state index contributed by atoms with van der Waals surface area (Å²) in [6, 6.07) is 8.64. The van der Waals surface area contributed by atoms with Crippen LogP contribution in [0, 0.1) is 0 Å². The fourth-order valence-corrected chi connectivity index (χ4v) is 7.21. The first-order valence-corrected chi connectivity index (χ1v) is 14.0. The highest BCUT2D eigenvalue weighted by Gasteiger charge is 2.35. The van der Waals surface area contributed by atoms with Gasteiger partial charge < -0.3 is 0 Å². The Labute approximate surface area is 210 Å². The Morgan fingerprint density at radius 3 is 2.50 bits per heavy atom. The van der Waals surface area contributed by atoms with Gasteiger partial charge in [0.25, 0.3) is 20.3 Å². The van der Waals surface area contributed by atoms with Gasteiger partial charge in [-0.25, -0.2) is 12.7 Å². The lowest BCUT2D eigenvalue weighted by Gasteiger charge is -2.18. The molecule has 10 nitrogen and oxygen atoms in total. The molecule has 15 heteroatoms. The van der Waals surface area contributed by atoms with Crippen molar-refractivity contribution in [3.05, 3.63) is 57.6 Å². The third-order valence-corrected chi connectivity index (χ3v) is 10.4. The first-order chi connectivity index (χ1) is 15.9. The van der Waals surface area contributed by atoms with E-state index >= 15 is 0 Å². The number of carbonyl (C=O) groups excluding carboxylic acids is 1. The van der Waals surface area contributed by atoms with Gasteiger partial charge >= 0.3 is 0 Å². The van der Waals surface area contributed by atoms with Crippen molar-refractivity contribution < 1.29 is 21.6 Å². The van der Waals surface area contributed by atoms with E-state index in [4.69, 9.17) is 23.2 Å². The molecule has 0 aliphatic carbocycles. The number of hydrogen-bond acceptors (Lipinski definition) is 8. The van der Waals surface area contributed by atoms with E-state index < -0.39 is 26.0 Å². The number of rotatable bonds is 6. The van der Waals surface area contributed by atoms with Crippen molar-refractivity contribution in [3.63, 3.8) is 0 Å². The zero-order valence-corrected chi connectivity index (χ0v) is 21.7. The van der Waals surface area contributed by atoms with E-state index in [-0.39, 0.29) is 31.5 Å². The van der Waals surface area contributed by atoms with Crippen LogP contribution in [-0.4, -0.2) is 57.9 Å². The van der Waals surface area contributed by atoms with Crippen LogP contribution in [0.15, 0.2) is 45.6 Å². The molecule has 1 aliphatic heterocycles. The van der Waals surface area contributed by atoms with Crippen LogP contribution in [0.5, 0.6) is 0 Å². The predicted octanol–water partition coefficient (Wildman–Crippen LogP) is 3.10. The van der Waals surface area contributed by atoms with Gasteiger partial charge in [0, 0.05) is 25.7 Å². The van der Waals surface area contributed by atoms with Crippen LogP contribution < -0.4 is 9.62 Å². The predicted molar refractivity (Wildman–Crippen MR) is 130 cm³/mol. The first kappa shape index (κ1) is 24.8. The molecule has 0 unspecified atom stereocenters. The summed E-state index contributed by atoms with van der Waals surface area (Å²) in [5, 5.41) is 10.4. The fraction of sp³-hybridized carbons (Fsp3) is 0.211. The number of amides is 1. The van der Waals surface area contributed by atoms with Gasteiger partial charge in [0.15, 0.2) is 0 Å². The number of benzene rings is 2. The maximum Gasteiger partial charge on any atom is 0.293 e. The molecule has 0 fully saturated rings. The zero-order valence-electron chi connectivity index (χ0n) is 17.7. The minimum atomic E-state index is -4.09. The van der Waals surface area contributed by atoms with Gasteiger partial charge in [-0.3, -0.25) is 14.4 Å². The molecule has 0 spiro atoms. The second kappa shape index (κ2) is 9.06. The Hall–Kier alpha value is -2.29. The molecule has 4 rings (SSSR count). The molecule has 1 amide bonds. The van der Waals surface area contributed by atoms with Crippen molar-refractivity contribution in [2.45, 2.75) is 15.7 Å². The molecule has 3 aromatic rings. The molecule has 0 saturated carbocycles. The second-order valence-corrected chi connectivity index (χ2v) is 13.4. The molecule has 180 valence electrons. The molecule has 0 saturated heterocycles. The molecular formula is C19H17Cl2N5O5S3. The van der Waals surface area contributed by atoms with E-state index in [0.717, 1.165) is 8.61 Å². The molecule has 1 aliphatic rings. The number of halogens is 2. The Morgan fingerprint density at radius 2 is 1.82 bits per heavy atom. The number of hydrogen-bond donors (Lipinski definition) is 1. The third-order valence-electron chi connectivity index (χ3n) is 5.00. The highest BCUT2D eigenvalue weighted by atomic mass is 35.5. The van der Waals surface area contributed by atoms with Crippen LogP contribution in [0.2, 0.25) is 10.0 Å². The van der Waals surface area contributed by atoms with Crippen LogP contribution in [0.4, 0.5) is 10.8 Å². The molecule has 2 aromatic carbocycles. The highest BCUT2D eigenvalue weighted by molar-refractivity contribution is 7.94. The van der Waals surface area contributed by atoms with Crippen molar-refractivity contribution >= 4 is 71.3 Å². The summed E-state index contributed by atoms with van der Waals surface area (Å²) in [4.78, 5) is 12.6. The lowest BCUT2D eigenvalue weighted by Crippen LogP contribution is -2.29. The van der Waals surface area contributed by atoms with Gasteiger partial charge in [-0.05, 0) is 48.4 Å². The van der Waals surface area contributed by atoms with Crippen molar-refractivity contribution in [2.75, 3.05) is 30.3 Å². The molecule has 0 atom stereocenters. The molecule has 1 N–H and O–H groups in total. The van der Waals surface area contributed by atoms with Crippen LogP contribution in [0.3, 0.4) is 0 Å². The van der Waals surface area contributed by atoms with Gasteiger partial charge in [-0.15, -0.1) is 10.2 Å². The molecular weight excluding hydrogens is 545 g/mol. The summed E-state index contributed by atoms with van der Waals surface area (Å²) in [6.07, 6.45) is 0.336. The quantitative estimate of drug-likeness (QED) is 0.457. The number of nitrogens with zero attached hydrogens (tertiary/aromatic N) is 4. The number of fused-ring (bicyclic) bond motifs is 1. The molecule has 0 bridgehead atoms. The van der Waals surface area contributed by atoms with Crippen LogP contribution in [0.25, 0.3) is 0 Å². The maximum atomic E-state index is 13.2. The first-order valence-electron chi connectivity index (χ1n) is 9.59. The number of carbonyl (C=O) groups is 1. The normalized spacial score (nSPS) is 13.9. The van der Waals surface area contributed by atoms with Crippen molar-refractivity contribution in [1.82, 2.24) is 14.5 Å². The van der Waals surface area contributed by atoms with E-state index in [1.807, 2.05) is 0 Å². The Balaban J connectivity index is 1.57. The molecule has 34 heavy (non-hydrogen) atoms. The zero-order chi connectivity index (χ0) is 24.8. The van der Waals surface area contributed by atoms with Crippen molar-refractivity contribution in [2.24, 2.45) is 0 Å². The summed E-state index contributed by atoms with van der Waals surface area (Å²) >= 11 is 12.6. The van der Waals surface area contributed by atoms with Gasteiger partial charge in [0.1, 0.15) is 0 Å². The number of nitrogens with one attached hydrogen (secondary N) is 1. The Kier molecular flexibility index (Phi) is 6.61. The number of sulfonamides is 2. The largest absolute Gasteiger partial charge is 0.296 e. The van der Waals surface area contributed by atoms with Crippen molar-refractivity contribution in [1.29, 1.82) is 0 Å². The highest BCUT2D eigenvalue weighted by Crippen LogP contribution is 2.36. The van der Waals surface area contributed by atoms with E-state index in [2.05, 4.69) is 15.5 Å². The minimum Gasteiger partial charge on any atom is -0.296 e. The van der Waals surface area contributed by atoms with Crippen LogP contribution >= 0.6 is 34.5 Å². The van der Waals surface area contributed by atoms with Crippen LogP contribution in [-0.2, 0) is 26.5 Å². The lowest BCUT2D eigenvalue weighted by molar-refractivity contribution is 0.102. The van der Waals surface area contributed by atoms with E-state index in [1.165, 1.54) is 50.5 Å². The van der Waals surface area contributed by atoms with E-state index in [9.17, 15) is 21.6 Å².